The molecule has 0 atom stereocenters. The summed E-state index contributed by atoms with van der Waals surface area (Å²) in [7, 11) is -4.63. The van der Waals surface area contributed by atoms with Crippen molar-refractivity contribution in [1.29, 1.82) is 0 Å². The zero-order valence-electron chi connectivity index (χ0n) is 8.57. The van der Waals surface area contributed by atoms with Crippen LogP contribution in [-0.2, 0) is 15.6 Å². The molecule has 0 spiro atoms. The molecule has 3 nitrogen and oxygen atoms in total. The van der Waals surface area contributed by atoms with Gasteiger partial charge in [0.2, 0.25) is 0 Å². The minimum absolute atomic E-state index is 0.0608. The van der Waals surface area contributed by atoms with Gasteiger partial charge in [0.15, 0.2) is 0 Å². The van der Waals surface area contributed by atoms with Gasteiger partial charge in [-0.25, -0.2) is 0 Å². The third-order valence-electron chi connectivity index (χ3n) is 2.31. The van der Waals surface area contributed by atoms with Gasteiger partial charge < -0.3 is 5.11 Å². The number of hydrogen-bond acceptors (Lipinski definition) is 3. The molecule has 0 amide bonds. The summed E-state index contributed by atoms with van der Waals surface area (Å²) in [6.07, 6.45) is 0. The van der Waals surface area contributed by atoms with Gasteiger partial charge in [-0.1, -0.05) is 26.0 Å². The van der Waals surface area contributed by atoms with Gasteiger partial charge in [-0.3, -0.25) is 0 Å². The van der Waals surface area contributed by atoms with Crippen molar-refractivity contribution in [3.63, 3.8) is 0 Å². The smallest absolute Gasteiger partial charge is 0.332 e. The van der Waals surface area contributed by atoms with Crippen LogP contribution in [-0.4, -0.2) is 20.1 Å². The van der Waals surface area contributed by atoms with Gasteiger partial charge in [-0.15, -0.1) is 3.89 Å². The van der Waals surface area contributed by atoms with Crippen molar-refractivity contribution in [2.24, 2.45) is 0 Å². The van der Waals surface area contributed by atoms with Crippen molar-refractivity contribution in [2.45, 2.75) is 24.2 Å². The fraction of sp³-hybridized carbons (Fsp3) is 0.400. The van der Waals surface area contributed by atoms with Gasteiger partial charge in [-0.2, -0.15) is 8.42 Å². The van der Waals surface area contributed by atoms with E-state index < -0.39 is 15.6 Å². The molecule has 5 heteroatoms. The maximum atomic E-state index is 12.6. The summed E-state index contributed by atoms with van der Waals surface area (Å²) in [5.74, 6) is 0. The van der Waals surface area contributed by atoms with Crippen LogP contribution >= 0.6 is 0 Å². The Kier molecular flexibility index (Phi) is 3.16. The normalized spacial score (nSPS) is 12.8. The van der Waals surface area contributed by atoms with Crippen LogP contribution in [0, 0.1) is 0 Å². The van der Waals surface area contributed by atoms with Crippen LogP contribution < -0.4 is 0 Å². The molecule has 0 fully saturated rings. The first-order valence-electron chi connectivity index (χ1n) is 4.43. The number of aliphatic hydroxyl groups excluding tert-OH is 1. The van der Waals surface area contributed by atoms with E-state index in [0.717, 1.165) is 5.56 Å². The Labute approximate surface area is 88.8 Å². The van der Waals surface area contributed by atoms with Crippen molar-refractivity contribution in [2.75, 3.05) is 6.61 Å². The molecular weight excluding hydrogens is 219 g/mol. The lowest BCUT2D eigenvalue weighted by Gasteiger charge is -2.22. The summed E-state index contributed by atoms with van der Waals surface area (Å²) in [6.45, 7) is 3.56. The van der Waals surface area contributed by atoms with Gasteiger partial charge in [-0.05, 0) is 17.7 Å². The van der Waals surface area contributed by atoms with E-state index in [9.17, 15) is 12.3 Å². The first-order valence-corrected chi connectivity index (χ1v) is 5.82. The van der Waals surface area contributed by atoms with Crippen molar-refractivity contribution >= 4 is 10.2 Å². The number of aliphatic hydroxyl groups is 1. The van der Waals surface area contributed by atoms with E-state index in [0.29, 0.717) is 0 Å². The maximum absolute atomic E-state index is 12.6. The lowest BCUT2D eigenvalue weighted by molar-refractivity contribution is 0.218. The van der Waals surface area contributed by atoms with Crippen LogP contribution in [0.2, 0.25) is 0 Å². The molecule has 0 aliphatic heterocycles. The summed E-state index contributed by atoms with van der Waals surface area (Å²) in [4.78, 5) is -0.361. The van der Waals surface area contributed by atoms with Gasteiger partial charge in [0, 0.05) is 5.41 Å². The highest BCUT2D eigenvalue weighted by atomic mass is 32.3. The average Bonchev–Trinajstić information content (AvgIpc) is 2.17. The van der Waals surface area contributed by atoms with Crippen LogP contribution in [0.5, 0.6) is 0 Å². The summed E-state index contributed by atoms with van der Waals surface area (Å²) < 4.78 is 33.6. The van der Waals surface area contributed by atoms with E-state index in [1.807, 2.05) is 13.8 Å². The van der Waals surface area contributed by atoms with Crippen molar-refractivity contribution in [1.82, 2.24) is 0 Å². The SMILES string of the molecule is CC(C)(CO)c1ccc(S(=O)(=O)F)cc1. The molecule has 84 valence electrons. The third kappa shape index (κ3) is 2.76. The molecule has 0 aliphatic rings. The number of halogens is 1. The van der Waals surface area contributed by atoms with E-state index in [1.54, 1.807) is 0 Å². The van der Waals surface area contributed by atoms with Crippen LogP contribution in [0.4, 0.5) is 3.89 Å². The third-order valence-corrected chi connectivity index (χ3v) is 3.15. The molecule has 0 saturated heterocycles. The maximum Gasteiger partial charge on any atom is 0.332 e. The van der Waals surface area contributed by atoms with Crippen molar-refractivity contribution < 1.29 is 17.4 Å². The standard InChI is InChI=1S/C10H13FO3S/c1-10(2,7-12)8-3-5-9(6-4-8)15(11,13)14/h3-6,12H,7H2,1-2H3. The molecule has 0 unspecified atom stereocenters. The van der Waals surface area contributed by atoms with E-state index in [-0.39, 0.29) is 11.5 Å². The molecule has 1 rings (SSSR count). The summed E-state index contributed by atoms with van der Waals surface area (Å²) in [5, 5.41) is 9.08. The highest BCUT2D eigenvalue weighted by Gasteiger charge is 2.20. The van der Waals surface area contributed by atoms with Crippen LogP contribution in [0.15, 0.2) is 29.2 Å². The zero-order chi connectivity index (χ0) is 11.7. The van der Waals surface area contributed by atoms with Gasteiger partial charge in [0.05, 0.1) is 11.5 Å². The number of rotatable bonds is 3. The number of hydrogen-bond donors (Lipinski definition) is 1. The fourth-order valence-corrected chi connectivity index (χ4v) is 1.62. The zero-order valence-corrected chi connectivity index (χ0v) is 9.38. The first-order chi connectivity index (χ1) is 6.77. The largest absolute Gasteiger partial charge is 0.395 e. The van der Waals surface area contributed by atoms with Gasteiger partial charge in [0.1, 0.15) is 0 Å². The minimum Gasteiger partial charge on any atom is -0.395 e. The predicted octanol–water partition coefficient (Wildman–Crippen LogP) is 1.61. The monoisotopic (exact) mass is 232 g/mol. The summed E-state index contributed by atoms with van der Waals surface area (Å²) >= 11 is 0. The lowest BCUT2D eigenvalue weighted by Crippen LogP contribution is -2.21. The second-order valence-corrected chi connectivity index (χ2v) is 5.35. The minimum atomic E-state index is -4.63. The molecule has 1 aromatic rings. The highest BCUT2D eigenvalue weighted by molar-refractivity contribution is 7.86. The second-order valence-electron chi connectivity index (χ2n) is 4.00. The van der Waals surface area contributed by atoms with Crippen LogP contribution in [0.3, 0.4) is 0 Å². The van der Waals surface area contributed by atoms with Gasteiger partial charge >= 0.3 is 10.2 Å². The van der Waals surface area contributed by atoms with Crippen LogP contribution in [0.25, 0.3) is 0 Å². The average molecular weight is 232 g/mol. The Bertz CT molecular complexity index is 434. The molecular formula is C10H13FO3S. The summed E-state index contributed by atoms with van der Waals surface area (Å²) in [5.41, 5.74) is 0.302. The van der Waals surface area contributed by atoms with Crippen molar-refractivity contribution in [3.8, 4) is 0 Å². The Morgan fingerprint density at radius 3 is 2.07 bits per heavy atom. The molecule has 0 heterocycles. The Morgan fingerprint density at radius 1 is 1.27 bits per heavy atom. The molecule has 0 radical (unpaired) electrons. The molecule has 0 aromatic heterocycles. The molecule has 0 bridgehead atoms. The fourth-order valence-electron chi connectivity index (χ4n) is 1.16. The molecule has 15 heavy (non-hydrogen) atoms. The van der Waals surface area contributed by atoms with Gasteiger partial charge in [0.25, 0.3) is 0 Å². The van der Waals surface area contributed by atoms with E-state index in [1.165, 1.54) is 24.3 Å². The quantitative estimate of drug-likeness (QED) is 0.806. The highest BCUT2D eigenvalue weighted by Crippen LogP contribution is 2.24. The van der Waals surface area contributed by atoms with E-state index in [4.69, 9.17) is 5.11 Å². The Balaban J connectivity index is 3.12. The van der Waals surface area contributed by atoms with Crippen molar-refractivity contribution in [3.05, 3.63) is 29.8 Å². The molecule has 1 N–H and O–H groups in total. The molecule has 0 aliphatic carbocycles. The van der Waals surface area contributed by atoms with E-state index >= 15 is 0 Å². The number of benzene rings is 1. The summed E-state index contributed by atoms with van der Waals surface area (Å²) in [6, 6.07) is 5.40. The Morgan fingerprint density at radius 2 is 1.73 bits per heavy atom. The second kappa shape index (κ2) is 3.90. The molecule has 1 aromatic carbocycles. The predicted molar refractivity (Wildman–Crippen MR) is 54.8 cm³/mol. The Hall–Kier alpha value is -0.940. The lowest BCUT2D eigenvalue weighted by atomic mass is 9.86. The first kappa shape index (κ1) is 12.1. The topological polar surface area (TPSA) is 54.4 Å². The van der Waals surface area contributed by atoms with Crippen LogP contribution in [0.1, 0.15) is 19.4 Å². The van der Waals surface area contributed by atoms with E-state index in [2.05, 4.69) is 0 Å². The molecule has 0 saturated carbocycles.